The molecule has 0 spiro atoms. The second-order valence-corrected chi connectivity index (χ2v) is 15.9. The number of fused-ring (bicyclic) bond motifs is 6. The third-order valence-corrected chi connectivity index (χ3v) is 12.7. The first-order chi connectivity index (χ1) is 28.8. The van der Waals surface area contributed by atoms with Gasteiger partial charge < -0.3 is 4.90 Å². The van der Waals surface area contributed by atoms with Crippen LogP contribution in [0.4, 0.5) is 17.1 Å². The van der Waals surface area contributed by atoms with Crippen LogP contribution >= 0.6 is 11.3 Å². The molecule has 1 aromatic heterocycles. The zero-order valence-corrected chi connectivity index (χ0v) is 32.5. The summed E-state index contributed by atoms with van der Waals surface area (Å²) in [6.45, 7) is 0. The molecule has 0 radical (unpaired) electrons. The van der Waals surface area contributed by atoms with Gasteiger partial charge in [0.05, 0.1) is 5.69 Å². The average molecular weight is 756 g/mol. The van der Waals surface area contributed by atoms with Gasteiger partial charge in [0.15, 0.2) is 0 Å². The highest BCUT2D eigenvalue weighted by molar-refractivity contribution is 7.26. The second-order valence-electron chi connectivity index (χ2n) is 14.8. The van der Waals surface area contributed by atoms with E-state index < -0.39 is 0 Å². The fourth-order valence-electron chi connectivity index (χ4n) is 8.74. The molecule has 0 saturated carbocycles. The quantitative estimate of drug-likeness (QED) is 0.146. The third-order valence-electron chi connectivity index (χ3n) is 11.5. The minimum absolute atomic E-state index is 1.10. The van der Waals surface area contributed by atoms with Crippen LogP contribution in [0.25, 0.3) is 86.2 Å². The lowest BCUT2D eigenvalue weighted by Crippen LogP contribution is -2.12. The molecule has 2 heteroatoms. The molecule has 0 atom stereocenters. The lowest BCUT2D eigenvalue weighted by atomic mass is 9.90. The Morgan fingerprint density at radius 1 is 0.293 bits per heavy atom. The highest BCUT2D eigenvalue weighted by Gasteiger charge is 2.24. The Bertz CT molecular complexity index is 3250. The number of thiophene rings is 1. The molecule has 0 saturated heterocycles. The van der Waals surface area contributed by atoms with E-state index in [4.69, 9.17) is 0 Å². The van der Waals surface area contributed by atoms with E-state index in [2.05, 4.69) is 229 Å². The van der Waals surface area contributed by atoms with Gasteiger partial charge in [0.25, 0.3) is 0 Å². The van der Waals surface area contributed by atoms with Crippen molar-refractivity contribution in [3.8, 4) is 44.5 Å². The van der Waals surface area contributed by atoms with Gasteiger partial charge in [-0.15, -0.1) is 11.3 Å². The maximum Gasteiger partial charge on any atom is 0.0624 e. The SMILES string of the molecule is c1ccc(-c2cccc(-c3ccc(N(c4ccc(-c5cccc6c5sc5ccccc56)cc4)c4c(-c5ccccc5)c5ccccc5c5ccccc45)cc3)c2)cc1. The molecule has 0 aliphatic heterocycles. The van der Waals surface area contributed by atoms with Gasteiger partial charge >= 0.3 is 0 Å². The van der Waals surface area contributed by atoms with Gasteiger partial charge in [-0.2, -0.15) is 0 Å². The Labute approximate surface area is 342 Å². The predicted octanol–water partition coefficient (Wildman–Crippen LogP) is 16.5. The molecule has 0 aliphatic carbocycles. The minimum atomic E-state index is 1.10. The van der Waals surface area contributed by atoms with Crippen molar-refractivity contribution < 1.29 is 0 Å². The van der Waals surface area contributed by atoms with Crippen LogP contribution in [0.2, 0.25) is 0 Å². The van der Waals surface area contributed by atoms with Crippen LogP contribution in [0.15, 0.2) is 224 Å². The van der Waals surface area contributed by atoms with Crippen LogP contribution in [0.1, 0.15) is 0 Å². The van der Waals surface area contributed by atoms with E-state index in [9.17, 15) is 0 Å². The smallest absolute Gasteiger partial charge is 0.0624 e. The number of anilines is 3. The van der Waals surface area contributed by atoms with Gasteiger partial charge in [0.1, 0.15) is 0 Å². The summed E-state index contributed by atoms with van der Waals surface area (Å²) in [5.74, 6) is 0. The molecule has 11 rings (SSSR count). The molecule has 1 heterocycles. The topological polar surface area (TPSA) is 3.24 Å². The zero-order valence-electron chi connectivity index (χ0n) is 31.7. The summed E-state index contributed by atoms with van der Waals surface area (Å²) < 4.78 is 2.65. The van der Waals surface area contributed by atoms with Gasteiger partial charge in [-0.25, -0.2) is 0 Å². The molecule has 0 fully saturated rings. The van der Waals surface area contributed by atoms with Crippen molar-refractivity contribution in [1.82, 2.24) is 0 Å². The van der Waals surface area contributed by atoms with E-state index in [1.54, 1.807) is 0 Å². The summed E-state index contributed by atoms with van der Waals surface area (Å²) in [6.07, 6.45) is 0. The molecule has 0 bridgehead atoms. The largest absolute Gasteiger partial charge is 0.309 e. The Hall–Kier alpha value is -7.26. The molecule has 0 N–H and O–H groups in total. The number of hydrogen-bond donors (Lipinski definition) is 0. The molecule has 272 valence electrons. The van der Waals surface area contributed by atoms with E-state index in [0.717, 1.165) is 11.4 Å². The molecular formula is C56H37NS. The lowest BCUT2D eigenvalue weighted by molar-refractivity contribution is 1.30. The van der Waals surface area contributed by atoms with Gasteiger partial charge in [0.2, 0.25) is 0 Å². The second kappa shape index (κ2) is 14.4. The van der Waals surface area contributed by atoms with Crippen LogP contribution in [0, 0.1) is 0 Å². The summed E-state index contributed by atoms with van der Waals surface area (Å²) in [6, 6.07) is 81.9. The molecule has 11 aromatic rings. The monoisotopic (exact) mass is 755 g/mol. The molecule has 0 unspecified atom stereocenters. The van der Waals surface area contributed by atoms with Crippen LogP contribution in [-0.4, -0.2) is 0 Å². The fourth-order valence-corrected chi connectivity index (χ4v) is 9.97. The van der Waals surface area contributed by atoms with Crippen molar-refractivity contribution in [3.05, 3.63) is 224 Å². The zero-order chi connectivity index (χ0) is 38.4. The van der Waals surface area contributed by atoms with E-state index >= 15 is 0 Å². The van der Waals surface area contributed by atoms with Crippen molar-refractivity contribution >= 4 is 70.1 Å². The first kappa shape index (κ1) is 34.0. The van der Waals surface area contributed by atoms with Crippen LogP contribution < -0.4 is 4.90 Å². The maximum absolute atomic E-state index is 2.48. The summed E-state index contributed by atoms with van der Waals surface area (Å²) in [5.41, 5.74) is 13.0. The van der Waals surface area contributed by atoms with E-state index in [-0.39, 0.29) is 0 Å². The molecule has 1 nitrogen and oxygen atoms in total. The van der Waals surface area contributed by atoms with E-state index in [1.165, 1.54) is 91.9 Å². The molecular weight excluding hydrogens is 719 g/mol. The van der Waals surface area contributed by atoms with Crippen molar-refractivity contribution in [2.24, 2.45) is 0 Å². The van der Waals surface area contributed by atoms with Crippen LogP contribution in [-0.2, 0) is 0 Å². The molecule has 10 aromatic carbocycles. The van der Waals surface area contributed by atoms with Crippen molar-refractivity contribution in [1.29, 1.82) is 0 Å². The normalized spacial score (nSPS) is 11.4. The minimum Gasteiger partial charge on any atom is -0.309 e. The molecule has 58 heavy (non-hydrogen) atoms. The number of nitrogens with zero attached hydrogens (tertiary/aromatic N) is 1. The third kappa shape index (κ3) is 5.86. The van der Waals surface area contributed by atoms with Crippen LogP contribution in [0.5, 0.6) is 0 Å². The summed E-state index contributed by atoms with van der Waals surface area (Å²) in [5, 5.41) is 7.56. The van der Waals surface area contributed by atoms with Crippen molar-refractivity contribution in [2.45, 2.75) is 0 Å². The highest BCUT2D eigenvalue weighted by atomic mass is 32.1. The summed E-state index contributed by atoms with van der Waals surface area (Å²) >= 11 is 1.88. The summed E-state index contributed by atoms with van der Waals surface area (Å²) in [4.78, 5) is 2.48. The lowest BCUT2D eigenvalue weighted by Gasteiger charge is -2.31. The number of hydrogen-bond acceptors (Lipinski definition) is 2. The molecule has 0 amide bonds. The number of benzene rings is 10. The van der Waals surface area contributed by atoms with E-state index in [0.29, 0.717) is 0 Å². The van der Waals surface area contributed by atoms with Crippen molar-refractivity contribution in [3.63, 3.8) is 0 Å². The standard InChI is InChI=1S/C56H37NS/c1-3-15-38(16-4-1)42-19-13-20-43(37-42)39-29-33-44(34-30-39)57(45-35-31-40(32-36-45)46-26-14-27-52-49-23-11-12-28-53(49)58-56(46)52)55-51-25-10-8-22-48(51)47-21-7-9-24-50(47)54(55)41-17-5-2-6-18-41/h1-37H. The highest BCUT2D eigenvalue weighted by Crippen LogP contribution is 2.50. The maximum atomic E-state index is 2.48. The first-order valence-electron chi connectivity index (χ1n) is 19.8. The van der Waals surface area contributed by atoms with Gasteiger partial charge in [0, 0.05) is 42.5 Å². The molecule has 0 aliphatic rings. The van der Waals surface area contributed by atoms with Gasteiger partial charge in [-0.05, 0) is 91.5 Å². The number of rotatable bonds is 7. The Kier molecular flexibility index (Phi) is 8.42. The van der Waals surface area contributed by atoms with Gasteiger partial charge in [-0.3, -0.25) is 0 Å². The van der Waals surface area contributed by atoms with E-state index in [1.807, 2.05) is 11.3 Å². The fraction of sp³-hybridized carbons (Fsp3) is 0. The summed E-state index contributed by atoms with van der Waals surface area (Å²) in [7, 11) is 0. The van der Waals surface area contributed by atoms with Crippen LogP contribution in [0.3, 0.4) is 0 Å². The Morgan fingerprint density at radius 3 is 1.43 bits per heavy atom. The first-order valence-corrected chi connectivity index (χ1v) is 20.7. The van der Waals surface area contributed by atoms with Crippen molar-refractivity contribution in [2.75, 3.05) is 4.90 Å². The average Bonchev–Trinajstić information content (AvgIpc) is 3.69. The Balaban J connectivity index is 1.12. The van der Waals surface area contributed by atoms with Gasteiger partial charge in [-0.1, -0.05) is 188 Å². The predicted molar refractivity (Wildman–Crippen MR) is 251 cm³/mol. The Morgan fingerprint density at radius 2 is 0.759 bits per heavy atom.